The Kier molecular flexibility index (Phi) is 3.32. The standard InChI is InChI=1S/C14H16N2/c1-11-5-6-12(10-15)13(8-11)9-14-4-2-3-7-16-14/h2-8H,9-10,15H2,1H3. The van der Waals surface area contributed by atoms with Crippen molar-refractivity contribution >= 4 is 0 Å². The number of aromatic nitrogens is 1. The minimum atomic E-state index is 0.586. The molecule has 0 radical (unpaired) electrons. The lowest BCUT2D eigenvalue weighted by Crippen LogP contribution is -2.03. The molecule has 0 spiro atoms. The minimum absolute atomic E-state index is 0.586. The average molecular weight is 212 g/mol. The second-order valence-electron chi connectivity index (χ2n) is 3.97. The van der Waals surface area contributed by atoms with Gasteiger partial charge in [0.25, 0.3) is 0 Å². The van der Waals surface area contributed by atoms with Crippen molar-refractivity contribution in [1.29, 1.82) is 0 Å². The van der Waals surface area contributed by atoms with E-state index in [0.717, 1.165) is 12.1 Å². The molecule has 0 saturated heterocycles. The average Bonchev–Trinajstić information content (AvgIpc) is 2.31. The molecule has 0 aliphatic heterocycles. The Balaban J connectivity index is 2.30. The van der Waals surface area contributed by atoms with E-state index in [1.165, 1.54) is 16.7 Å². The largest absolute Gasteiger partial charge is 0.326 e. The summed E-state index contributed by atoms with van der Waals surface area (Å²) in [4.78, 5) is 4.34. The molecule has 16 heavy (non-hydrogen) atoms. The normalized spacial score (nSPS) is 10.4. The van der Waals surface area contributed by atoms with E-state index in [2.05, 4.69) is 30.1 Å². The molecule has 2 heteroatoms. The van der Waals surface area contributed by atoms with Crippen LogP contribution in [0.1, 0.15) is 22.4 Å². The highest BCUT2D eigenvalue weighted by Gasteiger charge is 2.03. The van der Waals surface area contributed by atoms with Crippen molar-refractivity contribution in [2.75, 3.05) is 0 Å². The zero-order valence-electron chi connectivity index (χ0n) is 9.48. The number of hydrogen-bond acceptors (Lipinski definition) is 2. The third-order valence-corrected chi connectivity index (χ3v) is 2.68. The lowest BCUT2D eigenvalue weighted by atomic mass is 10.00. The van der Waals surface area contributed by atoms with Gasteiger partial charge in [-0.3, -0.25) is 4.98 Å². The van der Waals surface area contributed by atoms with Crippen LogP contribution in [-0.4, -0.2) is 4.98 Å². The van der Waals surface area contributed by atoms with Gasteiger partial charge in [0.2, 0.25) is 0 Å². The first-order valence-corrected chi connectivity index (χ1v) is 5.48. The Morgan fingerprint density at radius 2 is 2.00 bits per heavy atom. The molecule has 0 bridgehead atoms. The van der Waals surface area contributed by atoms with Gasteiger partial charge in [-0.25, -0.2) is 0 Å². The van der Waals surface area contributed by atoms with Crippen molar-refractivity contribution in [3.05, 3.63) is 65.0 Å². The molecule has 2 rings (SSSR count). The van der Waals surface area contributed by atoms with Crippen LogP contribution in [-0.2, 0) is 13.0 Å². The summed E-state index contributed by atoms with van der Waals surface area (Å²) < 4.78 is 0. The summed E-state index contributed by atoms with van der Waals surface area (Å²) in [5.41, 5.74) is 10.6. The molecule has 0 aliphatic rings. The van der Waals surface area contributed by atoms with E-state index in [1.807, 2.05) is 24.4 Å². The molecule has 82 valence electrons. The van der Waals surface area contributed by atoms with Crippen LogP contribution in [0.5, 0.6) is 0 Å². The number of nitrogens with two attached hydrogens (primary N) is 1. The van der Waals surface area contributed by atoms with Gasteiger partial charge in [-0.05, 0) is 30.2 Å². The highest BCUT2D eigenvalue weighted by molar-refractivity contribution is 5.34. The van der Waals surface area contributed by atoms with Gasteiger partial charge in [0.1, 0.15) is 0 Å². The fourth-order valence-electron chi connectivity index (χ4n) is 1.82. The van der Waals surface area contributed by atoms with Crippen LogP contribution in [0.15, 0.2) is 42.6 Å². The van der Waals surface area contributed by atoms with Crippen LogP contribution in [0.3, 0.4) is 0 Å². The second kappa shape index (κ2) is 4.90. The Bertz CT molecular complexity index is 463. The van der Waals surface area contributed by atoms with Gasteiger partial charge >= 0.3 is 0 Å². The molecule has 2 aromatic rings. The van der Waals surface area contributed by atoms with Crippen molar-refractivity contribution in [2.24, 2.45) is 5.73 Å². The lowest BCUT2D eigenvalue weighted by molar-refractivity contribution is 0.991. The van der Waals surface area contributed by atoms with Crippen LogP contribution < -0.4 is 5.73 Å². The monoisotopic (exact) mass is 212 g/mol. The fraction of sp³-hybridized carbons (Fsp3) is 0.214. The van der Waals surface area contributed by atoms with Gasteiger partial charge in [-0.2, -0.15) is 0 Å². The maximum absolute atomic E-state index is 5.73. The Labute approximate surface area is 96.1 Å². The molecule has 0 atom stereocenters. The van der Waals surface area contributed by atoms with Gasteiger partial charge in [0, 0.05) is 24.9 Å². The summed E-state index contributed by atoms with van der Waals surface area (Å²) >= 11 is 0. The number of benzene rings is 1. The minimum Gasteiger partial charge on any atom is -0.326 e. The van der Waals surface area contributed by atoms with Crippen molar-refractivity contribution in [3.8, 4) is 0 Å². The zero-order chi connectivity index (χ0) is 11.4. The van der Waals surface area contributed by atoms with Crippen molar-refractivity contribution in [3.63, 3.8) is 0 Å². The molecule has 1 aromatic heterocycles. The van der Waals surface area contributed by atoms with Crippen LogP contribution >= 0.6 is 0 Å². The zero-order valence-corrected chi connectivity index (χ0v) is 9.48. The first kappa shape index (κ1) is 10.8. The molecule has 0 saturated carbocycles. The molecule has 0 aliphatic carbocycles. The first-order chi connectivity index (χ1) is 7.79. The Hall–Kier alpha value is -1.67. The SMILES string of the molecule is Cc1ccc(CN)c(Cc2ccccn2)c1. The van der Waals surface area contributed by atoms with Crippen molar-refractivity contribution < 1.29 is 0 Å². The Morgan fingerprint density at radius 1 is 1.12 bits per heavy atom. The summed E-state index contributed by atoms with van der Waals surface area (Å²) in [5, 5.41) is 0. The first-order valence-electron chi connectivity index (χ1n) is 5.48. The van der Waals surface area contributed by atoms with Gasteiger partial charge in [-0.15, -0.1) is 0 Å². The van der Waals surface area contributed by atoms with Gasteiger partial charge in [-0.1, -0.05) is 29.8 Å². The van der Waals surface area contributed by atoms with Crippen LogP contribution in [0.25, 0.3) is 0 Å². The molecule has 1 heterocycles. The number of hydrogen-bond donors (Lipinski definition) is 1. The number of pyridine rings is 1. The summed E-state index contributed by atoms with van der Waals surface area (Å²) in [6, 6.07) is 12.4. The number of nitrogens with zero attached hydrogens (tertiary/aromatic N) is 1. The van der Waals surface area contributed by atoms with E-state index in [9.17, 15) is 0 Å². The third-order valence-electron chi connectivity index (χ3n) is 2.68. The molecule has 0 unspecified atom stereocenters. The van der Waals surface area contributed by atoms with E-state index in [-0.39, 0.29) is 0 Å². The molecule has 1 aromatic carbocycles. The maximum Gasteiger partial charge on any atom is 0.0447 e. The van der Waals surface area contributed by atoms with Crippen molar-refractivity contribution in [1.82, 2.24) is 4.98 Å². The highest BCUT2D eigenvalue weighted by Crippen LogP contribution is 2.14. The van der Waals surface area contributed by atoms with Gasteiger partial charge < -0.3 is 5.73 Å². The smallest absolute Gasteiger partial charge is 0.0447 e. The molecule has 2 N–H and O–H groups in total. The number of rotatable bonds is 3. The van der Waals surface area contributed by atoms with Crippen molar-refractivity contribution in [2.45, 2.75) is 19.9 Å². The number of aryl methyl sites for hydroxylation is 1. The van der Waals surface area contributed by atoms with E-state index in [4.69, 9.17) is 5.73 Å². The fourth-order valence-corrected chi connectivity index (χ4v) is 1.82. The van der Waals surface area contributed by atoms with Crippen LogP contribution in [0.4, 0.5) is 0 Å². The second-order valence-corrected chi connectivity index (χ2v) is 3.97. The Morgan fingerprint density at radius 3 is 2.69 bits per heavy atom. The highest BCUT2D eigenvalue weighted by atomic mass is 14.7. The van der Waals surface area contributed by atoms with E-state index in [0.29, 0.717) is 6.54 Å². The third kappa shape index (κ3) is 2.47. The van der Waals surface area contributed by atoms with Crippen LogP contribution in [0.2, 0.25) is 0 Å². The van der Waals surface area contributed by atoms with Crippen LogP contribution in [0, 0.1) is 6.92 Å². The topological polar surface area (TPSA) is 38.9 Å². The lowest BCUT2D eigenvalue weighted by Gasteiger charge is -2.08. The quantitative estimate of drug-likeness (QED) is 0.848. The van der Waals surface area contributed by atoms with Gasteiger partial charge in [0.15, 0.2) is 0 Å². The summed E-state index contributed by atoms with van der Waals surface area (Å²) in [6.07, 6.45) is 2.68. The predicted octanol–water partition coefficient (Wildman–Crippen LogP) is 2.44. The molecule has 2 nitrogen and oxygen atoms in total. The molecule has 0 fully saturated rings. The van der Waals surface area contributed by atoms with Gasteiger partial charge in [0.05, 0.1) is 0 Å². The summed E-state index contributed by atoms with van der Waals surface area (Å²) in [5.74, 6) is 0. The predicted molar refractivity (Wildman–Crippen MR) is 66.1 cm³/mol. The van der Waals surface area contributed by atoms with E-state index >= 15 is 0 Å². The van der Waals surface area contributed by atoms with E-state index < -0.39 is 0 Å². The molecular formula is C14H16N2. The molecule has 0 amide bonds. The maximum atomic E-state index is 5.73. The summed E-state index contributed by atoms with van der Waals surface area (Å²) in [7, 11) is 0. The molecular weight excluding hydrogens is 196 g/mol. The van der Waals surface area contributed by atoms with E-state index in [1.54, 1.807) is 0 Å². The summed E-state index contributed by atoms with van der Waals surface area (Å²) in [6.45, 7) is 2.69.